The van der Waals surface area contributed by atoms with Crippen LogP contribution in [0.2, 0.25) is 0 Å². The summed E-state index contributed by atoms with van der Waals surface area (Å²) < 4.78 is 27.2. The van der Waals surface area contributed by atoms with Gasteiger partial charge in [0, 0.05) is 22.2 Å². The summed E-state index contributed by atoms with van der Waals surface area (Å²) in [6.45, 7) is 1.81. The van der Waals surface area contributed by atoms with Crippen molar-refractivity contribution >= 4 is 61.2 Å². The third-order valence-electron chi connectivity index (χ3n) is 3.21. The summed E-state index contributed by atoms with van der Waals surface area (Å²) >= 11 is 3.91. The fourth-order valence-electron chi connectivity index (χ4n) is 1.97. The molecule has 6 nitrogen and oxygen atoms in total. The Bertz CT molecular complexity index is 953. The van der Waals surface area contributed by atoms with Crippen LogP contribution in [-0.2, 0) is 14.8 Å². The second-order valence-electron chi connectivity index (χ2n) is 5.15. The van der Waals surface area contributed by atoms with Gasteiger partial charge < -0.3 is 5.32 Å². The Kier molecular flexibility index (Phi) is 5.97. The van der Waals surface area contributed by atoms with Gasteiger partial charge in [0.05, 0.1) is 5.25 Å². The van der Waals surface area contributed by atoms with Crippen molar-refractivity contribution in [2.45, 2.75) is 21.3 Å². The first-order valence-corrected chi connectivity index (χ1v) is 11.6. The Labute approximate surface area is 163 Å². The van der Waals surface area contributed by atoms with E-state index in [9.17, 15) is 13.2 Å². The number of benzene rings is 1. The molecule has 1 aromatic carbocycles. The van der Waals surface area contributed by atoms with Crippen LogP contribution in [0.5, 0.6) is 0 Å². The molecule has 0 aliphatic carbocycles. The molecule has 0 saturated carbocycles. The van der Waals surface area contributed by atoms with Gasteiger partial charge in [0.2, 0.25) is 5.91 Å². The highest BCUT2D eigenvalue weighted by molar-refractivity contribution is 8.00. The van der Waals surface area contributed by atoms with Crippen LogP contribution in [0.15, 0.2) is 62.5 Å². The summed E-state index contributed by atoms with van der Waals surface area (Å²) in [4.78, 5) is 17.0. The highest BCUT2D eigenvalue weighted by atomic mass is 32.2. The number of carbonyl (C=O) groups excluding carboxylic acids is 1. The number of nitrogens with zero attached hydrogens (tertiary/aromatic N) is 1. The van der Waals surface area contributed by atoms with Crippen LogP contribution >= 0.6 is 34.4 Å². The van der Waals surface area contributed by atoms with Gasteiger partial charge in [0.15, 0.2) is 5.13 Å². The Morgan fingerprint density at radius 1 is 1.15 bits per heavy atom. The fraction of sp³-hybridized carbons (Fsp3) is 0.125. The van der Waals surface area contributed by atoms with Crippen LogP contribution < -0.4 is 10.0 Å². The van der Waals surface area contributed by atoms with Crippen molar-refractivity contribution in [1.82, 2.24) is 4.98 Å². The van der Waals surface area contributed by atoms with E-state index in [1.54, 1.807) is 60.3 Å². The predicted molar refractivity (Wildman–Crippen MR) is 108 cm³/mol. The molecule has 3 aromatic rings. The number of amides is 1. The Morgan fingerprint density at radius 2 is 1.92 bits per heavy atom. The van der Waals surface area contributed by atoms with Gasteiger partial charge >= 0.3 is 0 Å². The largest absolute Gasteiger partial charge is 0.301 e. The quantitative estimate of drug-likeness (QED) is 0.556. The molecule has 3 rings (SSSR count). The Hall–Kier alpha value is -1.88. The van der Waals surface area contributed by atoms with E-state index in [0.717, 1.165) is 16.2 Å². The lowest BCUT2D eigenvalue weighted by atomic mass is 10.3. The van der Waals surface area contributed by atoms with Gasteiger partial charge in [-0.05, 0) is 42.6 Å². The third-order valence-corrected chi connectivity index (χ3v) is 7.79. The lowest BCUT2D eigenvalue weighted by Crippen LogP contribution is -2.22. The minimum atomic E-state index is -3.56. The summed E-state index contributed by atoms with van der Waals surface area (Å²) in [6, 6.07) is 10.2. The zero-order valence-electron chi connectivity index (χ0n) is 13.6. The molecule has 0 radical (unpaired) electrons. The number of sulfonamides is 1. The molecule has 0 bridgehead atoms. The van der Waals surface area contributed by atoms with Gasteiger partial charge in [-0.3, -0.25) is 9.52 Å². The van der Waals surface area contributed by atoms with E-state index in [-0.39, 0.29) is 15.4 Å². The summed E-state index contributed by atoms with van der Waals surface area (Å²) in [5, 5.41) is 6.52. The Morgan fingerprint density at radius 3 is 2.54 bits per heavy atom. The van der Waals surface area contributed by atoms with Crippen molar-refractivity contribution < 1.29 is 13.2 Å². The summed E-state index contributed by atoms with van der Waals surface area (Å²) in [7, 11) is -3.56. The topological polar surface area (TPSA) is 88.2 Å². The maximum atomic E-state index is 12.2. The molecule has 26 heavy (non-hydrogen) atoms. The molecule has 10 heteroatoms. The molecule has 136 valence electrons. The number of anilines is 2. The van der Waals surface area contributed by atoms with E-state index in [4.69, 9.17) is 0 Å². The number of thioether (sulfide) groups is 1. The highest BCUT2D eigenvalue weighted by Crippen LogP contribution is 2.27. The molecule has 2 aromatic heterocycles. The van der Waals surface area contributed by atoms with Crippen molar-refractivity contribution in [1.29, 1.82) is 0 Å². The van der Waals surface area contributed by atoms with Gasteiger partial charge in [0.1, 0.15) is 4.21 Å². The molecule has 1 unspecified atom stereocenters. The minimum Gasteiger partial charge on any atom is -0.301 e. The number of thiophene rings is 1. The second-order valence-corrected chi connectivity index (χ2v) is 10.3. The van der Waals surface area contributed by atoms with E-state index in [1.165, 1.54) is 23.1 Å². The molecule has 0 spiro atoms. The SMILES string of the molecule is CC(Sc1ccc(NS(=O)(=O)c2cccs2)cc1)C(=O)Nc1nccs1. The van der Waals surface area contributed by atoms with Gasteiger partial charge in [0.25, 0.3) is 10.0 Å². The highest BCUT2D eigenvalue weighted by Gasteiger charge is 2.17. The number of nitrogens with one attached hydrogen (secondary N) is 2. The van der Waals surface area contributed by atoms with E-state index in [2.05, 4.69) is 15.0 Å². The number of hydrogen-bond donors (Lipinski definition) is 2. The first-order valence-electron chi connectivity index (χ1n) is 7.47. The van der Waals surface area contributed by atoms with Crippen molar-refractivity contribution in [3.63, 3.8) is 0 Å². The van der Waals surface area contributed by atoms with E-state index >= 15 is 0 Å². The van der Waals surface area contributed by atoms with Gasteiger partial charge in [-0.2, -0.15) is 0 Å². The number of aromatic nitrogens is 1. The molecular weight excluding hydrogens is 410 g/mol. The molecule has 2 N–H and O–H groups in total. The molecule has 0 aliphatic heterocycles. The lowest BCUT2D eigenvalue weighted by Gasteiger charge is -2.11. The standard InChI is InChI=1S/C16H15N3O3S4/c1-11(15(20)18-16-17-8-10-24-16)25-13-6-4-12(5-7-13)19-26(21,22)14-3-2-9-23-14/h2-11,19H,1H3,(H,17,18,20). The van der Waals surface area contributed by atoms with Crippen LogP contribution in [0.3, 0.4) is 0 Å². The van der Waals surface area contributed by atoms with Crippen molar-refractivity contribution in [3.05, 3.63) is 53.4 Å². The van der Waals surface area contributed by atoms with Gasteiger partial charge in [-0.25, -0.2) is 13.4 Å². The first kappa shape index (κ1) is 18.9. The average molecular weight is 426 g/mol. The monoisotopic (exact) mass is 425 g/mol. The molecule has 1 atom stereocenters. The van der Waals surface area contributed by atoms with Crippen LogP contribution in [0, 0.1) is 0 Å². The van der Waals surface area contributed by atoms with Crippen LogP contribution in [0.4, 0.5) is 10.8 Å². The zero-order valence-corrected chi connectivity index (χ0v) is 16.8. The molecule has 0 fully saturated rings. The maximum Gasteiger partial charge on any atom is 0.271 e. The Balaban J connectivity index is 1.60. The number of rotatable bonds is 7. The zero-order chi connectivity index (χ0) is 18.6. The summed E-state index contributed by atoms with van der Waals surface area (Å²) in [6.07, 6.45) is 1.63. The third kappa shape index (κ3) is 4.85. The predicted octanol–water partition coefficient (Wildman–Crippen LogP) is 4.12. The molecule has 0 aliphatic rings. The summed E-state index contributed by atoms with van der Waals surface area (Å²) in [5.41, 5.74) is 0.475. The van der Waals surface area contributed by atoms with Gasteiger partial charge in [-0.1, -0.05) is 6.07 Å². The molecular formula is C16H15N3O3S4. The molecule has 2 heterocycles. The van der Waals surface area contributed by atoms with Crippen molar-refractivity contribution in [2.75, 3.05) is 10.0 Å². The average Bonchev–Trinajstić information content (AvgIpc) is 3.30. The maximum absolute atomic E-state index is 12.2. The van der Waals surface area contributed by atoms with E-state index in [0.29, 0.717) is 10.8 Å². The molecule has 1 amide bonds. The van der Waals surface area contributed by atoms with Crippen LogP contribution in [-0.4, -0.2) is 24.6 Å². The van der Waals surface area contributed by atoms with Crippen molar-refractivity contribution in [3.8, 4) is 0 Å². The van der Waals surface area contributed by atoms with E-state index in [1.807, 2.05) is 0 Å². The fourth-order valence-corrected chi connectivity index (χ4v) is 5.42. The number of carbonyl (C=O) groups is 1. The second kappa shape index (κ2) is 8.21. The number of hydrogen-bond acceptors (Lipinski definition) is 7. The van der Waals surface area contributed by atoms with Crippen molar-refractivity contribution in [2.24, 2.45) is 0 Å². The minimum absolute atomic E-state index is 0.132. The smallest absolute Gasteiger partial charge is 0.271 e. The first-order chi connectivity index (χ1) is 12.4. The van der Waals surface area contributed by atoms with Crippen LogP contribution in [0.1, 0.15) is 6.92 Å². The lowest BCUT2D eigenvalue weighted by molar-refractivity contribution is -0.115. The number of thiazole rings is 1. The molecule has 0 saturated heterocycles. The van der Waals surface area contributed by atoms with Crippen LogP contribution in [0.25, 0.3) is 0 Å². The normalized spacial score (nSPS) is 12.5. The van der Waals surface area contributed by atoms with Gasteiger partial charge in [-0.15, -0.1) is 34.4 Å². The summed E-state index contributed by atoms with van der Waals surface area (Å²) in [5.74, 6) is -0.132. The van der Waals surface area contributed by atoms with E-state index < -0.39 is 10.0 Å².